The third kappa shape index (κ3) is 3.03. The lowest BCUT2D eigenvalue weighted by Gasteiger charge is -2.18. The average Bonchev–Trinajstić information content (AvgIpc) is 2.72. The Balaban J connectivity index is 2.18. The van der Waals surface area contributed by atoms with Crippen LogP contribution in [0.25, 0.3) is 0 Å². The van der Waals surface area contributed by atoms with E-state index in [-0.39, 0.29) is 11.3 Å². The van der Waals surface area contributed by atoms with Crippen LogP contribution in [0.4, 0.5) is 14.5 Å². The van der Waals surface area contributed by atoms with E-state index in [4.69, 9.17) is 0 Å². The molecule has 0 radical (unpaired) electrons. The molecule has 1 heterocycles. The minimum atomic E-state index is -6.23. The molecule has 1 aromatic rings. The molecule has 128 valence electrons. The number of esters is 1. The molecule has 0 spiro atoms. The number of hydrogen-bond acceptors (Lipinski definition) is 7. The van der Waals surface area contributed by atoms with E-state index in [9.17, 15) is 36.1 Å². The topological polar surface area (TPSA) is 121 Å². The molecule has 0 saturated carbocycles. The molecule has 1 aliphatic rings. The third-order valence-electron chi connectivity index (χ3n) is 2.96. The number of carbonyl (C=O) groups excluding carboxylic acids is 3. The Morgan fingerprint density at radius 2 is 1.75 bits per heavy atom. The van der Waals surface area contributed by atoms with Crippen LogP contribution in [-0.4, -0.2) is 36.0 Å². The molecule has 11 heteroatoms. The van der Waals surface area contributed by atoms with Gasteiger partial charge in [0.15, 0.2) is 10.1 Å². The molecular formula is C13H8F2NO7S-. The van der Waals surface area contributed by atoms with Gasteiger partial charge >= 0.3 is 11.2 Å². The van der Waals surface area contributed by atoms with Gasteiger partial charge in [0.2, 0.25) is 0 Å². The minimum absolute atomic E-state index is 0.0844. The smallest absolute Gasteiger partial charge is 0.429 e. The van der Waals surface area contributed by atoms with Gasteiger partial charge in [0.25, 0.3) is 11.8 Å². The van der Waals surface area contributed by atoms with E-state index in [0.29, 0.717) is 0 Å². The lowest BCUT2D eigenvalue weighted by Crippen LogP contribution is -2.40. The van der Waals surface area contributed by atoms with Crippen molar-refractivity contribution in [2.75, 3.05) is 4.90 Å². The summed E-state index contributed by atoms with van der Waals surface area (Å²) in [6, 6.07) is 4.15. The van der Waals surface area contributed by atoms with Crippen LogP contribution in [0.2, 0.25) is 0 Å². The van der Waals surface area contributed by atoms with Gasteiger partial charge in [0.1, 0.15) is 5.75 Å². The first-order valence-corrected chi connectivity index (χ1v) is 7.58. The number of ether oxygens (including phenoxy) is 1. The van der Waals surface area contributed by atoms with E-state index in [2.05, 4.69) is 4.74 Å². The van der Waals surface area contributed by atoms with Crippen molar-refractivity contribution in [1.82, 2.24) is 0 Å². The molecule has 0 saturated heterocycles. The zero-order valence-corrected chi connectivity index (χ0v) is 12.7. The lowest BCUT2D eigenvalue weighted by atomic mass is 10.2. The summed E-state index contributed by atoms with van der Waals surface area (Å²) in [5, 5.41) is -5.24. The first-order valence-electron chi connectivity index (χ1n) is 6.17. The van der Waals surface area contributed by atoms with Crippen LogP contribution >= 0.6 is 0 Å². The van der Waals surface area contributed by atoms with Gasteiger partial charge < -0.3 is 9.29 Å². The summed E-state index contributed by atoms with van der Waals surface area (Å²) in [5.41, 5.74) is 0.289. The highest BCUT2D eigenvalue weighted by Crippen LogP contribution is 2.27. The molecule has 0 aromatic heterocycles. The van der Waals surface area contributed by atoms with Gasteiger partial charge in [0, 0.05) is 11.6 Å². The zero-order chi connectivity index (χ0) is 18.3. The van der Waals surface area contributed by atoms with Gasteiger partial charge in [-0.3, -0.25) is 9.59 Å². The third-order valence-corrected chi connectivity index (χ3v) is 3.75. The monoisotopic (exact) mass is 360 g/mol. The summed E-state index contributed by atoms with van der Waals surface area (Å²) in [6.45, 7) is 1.43. The van der Waals surface area contributed by atoms with Crippen molar-refractivity contribution in [2.45, 2.75) is 12.2 Å². The van der Waals surface area contributed by atoms with Crippen molar-refractivity contribution < 1.29 is 40.9 Å². The normalized spacial score (nSPS) is 15.5. The van der Waals surface area contributed by atoms with Gasteiger partial charge in [-0.25, -0.2) is 18.1 Å². The molecule has 1 aromatic carbocycles. The number of anilines is 1. The number of hydrogen-bond donors (Lipinski definition) is 0. The summed E-state index contributed by atoms with van der Waals surface area (Å²) >= 11 is 0. The van der Waals surface area contributed by atoms with Crippen molar-refractivity contribution in [3.8, 4) is 5.75 Å². The van der Waals surface area contributed by atoms with E-state index in [1.807, 2.05) is 0 Å². The van der Waals surface area contributed by atoms with Gasteiger partial charge in [-0.2, -0.15) is 8.78 Å². The summed E-state index contributed by atoms with van der Waals surface area (Å²) < 4.78 is 61.1. The Kier molecular flexibility index (Phi) is 4.25. The van der Waals surface area contributed by atoms with E-state index in [0.717, 1.165) is 35.2 Å². The molecule has 1 aliphatic heterocycles. The van der Waals surface area contributed by atoms with Crippen molar-refractivity contribution in [1.29, 1.82) is 0 Å². The molecule has 2 amide bonds. The highest BCUT2D eigenvalue weighted by Gasteiger charge is 2.48. The second kappa shape index (κ2) is 5.76. The Labute approximate surface area is 134 Å². The number of rotatable bonds is 4. The molecule has 0 bridgehead atoms. The van der Waals surface area contributed by atoms with Crippen LogP contribution in [0, 0.1) is 0 Å². The standard InChI is InChI=1S/C13H9F2NO7S/c1-7-6-10(17)16(11(7)18)8-2-4-9(5-3-8)23-12(19)13(14,15)24(20,21)22/h2-6H,1H3,(H,20,21,22)/p-1. The number of imide groups is 1. The van der Waals surface area contributed by atoms with Crippen LogP contribution in [0.5, 0.6) is 5.75 Å². The Bertz CT molecular complexity index is 859. The highest BCUT2D eigenvalue weighted by molar-refractivity contribution is 7.87. The van der Waals surface area contributed by atoms with Gasteiger partial charge in [-0.05, 0) is 31.2 Å². The quantitative estimate of drug-likeness (QED) is 0.333. The average molecular weight is 360 g/mol. The van der Waals surface area contributed by atoms with Crippen molar-refractivity contribution in [2.24, 2.45) is 0 Å². The maximum absolute atomic E-state index is 13.0. The zero-order valence-electron chi connectivity index (χ0n) is 11.9. The van der Waals surface area contributed by atoms with Crippen LogP contribution in [0.3, 0.4) is 0 Å². The molecule has 2 rings (SSSR count). The summed E-state index contributed by atoms with van der Waals surface area (Å²) in [6.07, 6.45) is 1.11. The molecule has 0 fully saturated rings. The number of alkyl halides is 2. The Hall–Kier alpha value is -2.66. The molecular weight excluding hydrogens is 352 g/mol. The second-order valence-corrected chi connectivity index (χ2v) is 6.08. The van der Waals surface area contributed by atoms with Gasteiger partial charge in [-0.15, -0.1) is 0 Å². The minimum Gasteiger partial charge on any atom is -0.743 e. The fourth-order valence-corrected chi connectivity index (χ4v) is 2.01. The fourth-order valence-electron chi connectivity index (χ4n) is 1.76. The van der Waals surface area contributed by atoms with Crippen molar-refractivity contribution in [3.63, 3.8) is 0 Å². The second-order valence-electron chi connectivity index (χ2n) is 4.66. The SMILES string of the molecule is CC1=CC(=O)N(c2ccc(OC(=O)C(F)(F)S(=O)(=O)[O-])cc2)C1=O. The molecule has 24 heavy (non-hydrogen) atoms. The number of benzene rings is 1. The molecule has 0 atom stereocenters. The van der Waals surface area contributed by atoms with E-state index in [1.165, 1.54) is 6.92 Å². The molecule has 0 N–H and O–H groups in total. The number of nitrogens with zero attached hydrogens (tertiary/aromatic N) is 1. The molecule has 8 nitrogen and oxygen atoms in total. The van der Waals surface area contributed by atoms with Crippen molar-refractivity contribution in [3.05, 3.63) is 35.9 Å². The van der Waals surface area contributed by atoms with Crippen molar-refractivity contribution >= 4 is 33.6 Å². The molecule has 0 unspecified atom stereocenters. The van der Waals surface area contributed by atoms with E-state index >= 15 is 0 Å². The van der Waals surface area contributed by atoms with Crippen LogP contribution in [0.15, 0.2) is 35.9 Å². The van der Waals surface area contributed by atoms with Gasteiger partial charge in [-0.1, -0.05) is 0 Å². The number of halogens is 2. The first kappa shape index (κ1) is 17.7. The van der Waals surface area contributed by atoms with E-state index < -0.39 is 38.9 Å². The van der Waals surface area contributed by atoms with Crippen LogP contribution in [-0.2, 0) is 24.5 Å². The summed E-state index contributed by atoms with van der Waals surface area (Å²) in [5.74, 6) is -4.24. The lowest BCUT2D eigenvalue weighted by molar-refractivity contribution is -0.151. The first-order chi connectivity index (χ1) is 10.9. The molecule has 0 aliphatic carbocycles. The fraction of sp³-hybridized carbons (Fsp3) is 0.154. The Morgan fingerprint density at radius 1 is 1.21 bits per heavy atom. The summed E-state index contributed by atoms with van der Waals surface area (Å²) in [4.78, 5) is 35.3. The predicted molar refractivity (Wildman–Crippen MR) is 73.0 cm³/mol. The van der Waals surface area contributed by atoms with Gasteiger partial charge in [0.05, 0.1) is 5.69 Å². The number of carbonyl (C=O) groups is 3. The van der Waals surface area contributed by atoms with Crippen LogP contribution < -0.4 is 9.64 Å². The highest BCUT2D eigenvalue weighted by atomic mass is 32.2. The predicted octanol–water partition coefficient (Wildman–Crippen LogP) is 0.550. The van der Waals surface area contributed by atoms with Crippen LogP contribution in [0.1, 0.15) is 6.92 Å². The largest absolute Gasteiger partial charge is 0.743 e. The van der Waals surface area contributed by atoms with E-state index in [1.54, 1.807) is 0 Å². The maximum atomic E-state index is 13.0. The Morgan fingerprint density at radius 3 is 2.17 bits per heavy atom. The number of amides is 2. The summed E-state index contributed by atoms with van der Waals surface area (Å²) in [7, 11) is -6.23. The maximum Gasteiger partial charge on any atom is 0.429 e.